The van der Waals surface area contributed by atoms with E-state index in [2.05, 4.69) is 17.0 Å². The maximum absolute atomic E-state index is 9.94. The number of nitrogens with zero attached hydrogens (tertiary/aromatic N) is 2. The summed E-state index contributed by atoms with van der Waals surface area (Å²) in [6.45, 7) is 4.49. The molecule has 0 spiro atoms. The number of ether oxygens (including phenoxy) is 1. The highest BCUT2D eigenvalue weighted by atomic mass is 16.5. The fourth-order valence-corrected chi connectivity index (χ4v) is 2.68. The summed E-state index contributed by atoms with van der Waals surface area (Å²) in [4.78, 5) is 2.16. The lowest BCUT2D eigenvalue weighted by molar-refractivity contribution is 0.0755. The van der Waals surface area contributed by atoms with Gasteiger partial charge in [-0.1, -0.05) is 42.4 Å². The summed E-state index contributed by atoms with van der Waals surface area (Å²) < 4.78 is 10.8. The third-order valence-electron chi connectivity index (χ3n) is 3.88. The monoisotopic (exact) mass is 288 g/mol. The van der Waals surface area contributed by atoms with Gasteiger partial charge in [-0.05, 0) is 6.54 Å². The van der Waals surface area contributed by atoms with Crippen molar-refractivity contribution in [2.45, 2.75) is 25.6 Å². The zero-order valence-electron chi connectivity index (χ0n) is 12.1. The van der Waals surface area contributed by atoms with Gasteiger partial charge >= 0.3 is 0 Å². The highest BCUT2D eigenvalue weighted by Crippen LogP contribution is 2.21. The van der Waals surface area contributed by atoms with Gasteiger partial charge in [0.05, 0.1) is 31.9 Å². The van der Waals surface area contributed by atoms with Crippen molar-refractivity contribution in [3.05, 3.63) is 42.2 Å². The fourth-order valence-electron chi connectivity index (χ4n) is 2.68. The van der Waals surface area contributed by atoms with Crippen LogP contribution in [0.5, 0.6) is 0 Å². The molecule has 5 nitrogen and oxygen atoms in total. The van der Waals surface area contributed by atoms with Gasteiger partial charge in [0.1, 0.15) is 5.69 Å². The highest BCUT2D eigenvalue weighted by Gasteiger charge is 2.31. The lowest BCUT2D eigenvalue weighted by atomic mass is 10.1. The molecule has 1 fully saturated rings. The Hall–Kier alpha value is -1.69. The van der Waals surface area contributed by atoms with Crippen LogP contribution in [0.25, 0.3) is 11.3 Å². The van der Waals surface area contributed by atoms with Gasteiger partial charge in [-0.3, -0.25) is 4.90 Å². The van der Waals surface area contributed by atoms with E-state index in [0.29, 0.717) is 19.8 Å². The van der Waals surface area contributed by atoms with E-state index in [1.165, 1.54) is 0 Å². The fraction of sp³-hybridized carbons (Fsp3) is 0.438. The number of hydrogen-bond acceptors (Lipinski definition) is 5. The Kier molecular flexibility index (Phi) is 4.34. The Morgan fingerprint density at radius 2 is 2.10 bits per heavy atom. The molecule has 1 aromatic heterocycles. The molecule has 0 unspecified atom stereocenters. The molecule has 0 bridgehead atoms. The van der Waals surface area contributed by atoms with Gasteiger partial charge in [-0.25, -0.2) is 0 Å². The first-order valence-electron chi connectivity index (χ1n) is 7.29. The molecule has 1 aliphatic heterocycles. The van der Waals surface area contributed by atoms with Gasteiger partial charge in [-0.15, -0.1) is 0 Å². The minimum Gasteiger partial charge on any atom is -0.389 e. The Balaban J connectivity index is 1.71. The Labute approximate surface area is 124 Å². The molecule has 0 radical (unpaired) electrons. The van der Waals surface area contributed by atoms with E-state index in [4.69, 9.17) is 9.26 Å². The normalized spacial score (nSPS) is 22.0. The summed E-state index contributed by atoms with van der Waals surface area (Å²) in [5.41, 5.74) is 1.88. The Morgan fingerprint density at radius 1 is 1.29 bits per heavy atom. The van der Waals surface area contributed by atoms with E-state index in [0.717, 1.165) is 23.6 Å². The standard InChI is InChI=1S/C16H20N2O3/c1-2-18(15-10-20-11-16(15)19)9-13-8-14(17-21-13)12-6-4-3-5-7-12/h3-8,15-16,19H,2,9-11H2,1H3/t15-,16-/m0/s1. The van der Waals surface area contributed by atoms with E-state index in [1.54, 1.807) is 0 Å². The number of aliphatic hydroxyl groups is 1. The number of benzene rings is 1. The second-order valence-electron chi connectivity index (χ2n) is 5.28. The van der Waals surface area contributed by atoms with Crippen LogP contribution in [0, 0.1) is 0 Å². The Morgan fingerprint density at radius 3 is 2.76 bits per heavy atom. The summed E-state index contributed by atoms with van der Waals surface area (Å²) in [7, 11) is 0. The number of likely N-dealkylation sites (N-methyl/N-ethyl adjacent to an activating group) is 1. The lowest BCUT2D eigenvalue weighted by Crippen LogP contribution is -2.42. The first kappa shape index (κ1) is 14.3. The van der Waals surface area contributed by atoms with Crippen molar-refractivity contribution in [2.75, 3.05) is 19.8 Å². The van der Waals surface area contributed by atoms with Crippen molar-refractivity contribution in [1.82, 2.24) is 10.1 Å². The molecule has 1 saturated heterocycles. The summed E-state index contributed by atoms with van der Waals surface area (Å²) in [6.07, 6.45) is -0.429. The van der Waals surface area contributed by atoms with Crippen LogP contribution in [0.4, 0.5) is 0 Å². The van der Waals surface area contributed by atoms with Crippen LogP contribution in [-0.2, 0) is 11.3 Å². The van der Waals surface area contributed by atoms with E-state index < -0.39 is 6.10 Å². The third kappa shape index (κ3) is 3.15. The maximum atomic E-state index is 9.94. The van der Waals surface area contributed by atoms with Gasteiger partial charge < -0.3 is 14.4 Å². The second-order valence-corrected chi connectivity index (χ2v) is 5.28. The first-order chi connectivity index (χ1) is 10.3. The average molecular weight is 288 g/mol. The van der Waals surface area contributed by atoms with Crippen LogP contribution < -0.4 is 0 Å². The van der Waals surface area contributed by atoms with E-state index in [1.807, 2.05) is 36.4 Å². The molecule has 112 valence electrons. The minimum atomic E-state index is -0.429. The van der Waals surface area contributed by atoms with E-state index in [9.17, 15) is 5.11 Å². The topological polar surface area (TPSA) is 58.7 Å². The van der Waals surface area contributed by atoms with Gasteiger partial charge in [-0.2, -0.15) is 0 Å². The summed E-state index contributed by atoms with van der Waals surface area (Å²) in [5.74, 6) is 0.801. The van der Waals surface area contributed by atoms with Crippen molar-refractivity contribution in [1.29, 1.82) is 0 Å². The van der Waals surface area contributed by atoms with E-state index in [-0.39, 0.29) is 6.04 Å². The summed E-state index contributed by atoms with van der Waals surface area (Å²) >= 11 is 0. The molecule has 1 aromatic carbocycles. The number of aromatic nitrogens is 1. The second kappa shape index (κ2) is 6.39. The molecule has 1 aliphatic rings. The number of hydrogen-bond donors (Lipinski definition) is 1. The van der Waals surface area contributed by atoms with Crippen molar-refractivity contribution in [3.8, 4) is 11.3 Å². The van der Waals surface area contributed by atoms with Gasteiger partial charge in [0.2, 0.25) is 0 Å². The largest absolute Gasteiger partial charge is 0.389 e. The van der Waals surface area contributed by atoms with Crippen molar-refractivity contribution >= 4 is 0 Å². The third-order valence-corrected chi connectivity index (χ3v) is 3.88. The molecule has 0 aliphatic carbocycles. The molecule has 5 heteroatoms. The van der Waals surface area contributed by atoms with Crippen LogP contribution in [0.1, 0.15) is 12.7 Å². The molecule has 0 amide bonds. The lowest BCUT2D eigenvalue weighted by Gasteiger charge is -2.27. The predicted molar refractivity (Wildman–Crippen MR) is 78.6 cm³/mol. The van der Waals surface area contributed by atoms with Crippen LogP contribution in [0.15, 0.2) is 40.9 Å². The van der Waals surface area contributed by atoms with Gasteiger partial charge in [0, 0.05) is 11.6 Å². The molecule has 2 aromatic rings. The molecule has 2 atom stereocenters. The predicted octanol–water partition coefficient (Wildman–Crippen LogP) is 1.92. The molecule has 1 N–H and O–H groups in total. The number of rotatable bonds is 5. The quantitative estimate of drug-likeness (QED) is 0.911. The van der Waals surface area contributed by atoms with Crippen molar-refractivity contribution < 1.29 is 14.4 Å². The molecule has 2 heterocycles. The summed E-state index contributed by atoms with van der Waals surface area (Å²) in [6, 6.07) is 11.9. The Bertz CT molecular complexity index is 570. The first-order valence-corrected chi connectivity index (χ1v) is 7.29. The summed E-state index contributed by atoms with van der Waals surface area (Å²) in [5, 5.41) is 14.1. The maximum Gasteiger partial charge on any atom is 0.151 e. The van der Waals surface area contributed by atoms with Gasteiger partial charge in [0.15, 0.2) is 5.76 Å². The molecule has 3 rings (SSSR count). The zero-order chi connectivity index (χ0) is 14.7. The van der Waals surface area contributed by atoms with Crippen molar-refractivity contribution in [3.63, 3.8) is 0 Å². The van der Waals surface area contributed by atoms with Crippen LogP contribution in [-0.4, -0.2) is 47.1 Å². The molecule has 0 saturated carbocycles. The van der Waals surface area contributed by atoms with Crippen LogP contribution >= 0.6 is 0 Å². The SMILES string of the molecule is CCN(Cc1cc(-c2ccccc2)no1)[C@H]1COC[C@@H]1O. The van der Waals surface area contributed by atoms with E-state index >= 15 is 0 Å². The van der Waals surface area contributed by atoms with Crippen LogP contribution in [0.3, 0.4) is 0 Å². The molecular formula is C16H20N2O3. The minimum absolute atomic E-state index is 0.0280. The van der Waals surface area contributed by atoms with Crippen molar-refractivity contribution in [2.24, 2.45) is 0 Å². The molecular weight excluding hydrogens is 268 g/mol. The smallest absolute Gasteiger partial charge is 0.151 e. The zero-order valence-corrected chi connectivity index (χ0v) is 12.1. The van der Waals surface area contributed by atoms with Crippen LogP contribution in [0.2, 0.25) is 0 Å². The average Bonchev–Trinajstić information content (AvgIpc) is 3.15. The highest BCUT2D eigenvalue weighted by molar-refractivity contribution is 5.58. The van der Waals surface area contributed by atoms with Gasteiger partial charge in [0.25, 0.3) is 0 Å². The molecule has 21 heavy (non-hydrogen) atoms. The number of aliphatic hydroxyl groups excluding tert-OH is 1.